The van der Waals surface area contributed by atoms with Gasteiger partial charge in [0.05, 0.1) is 18.3 Å². The van der Waals surface area contributed by atoms with Gasteiger partial charge in [-0.15, -0.1) is 5.10 Å². The van der Waals surface area contributed by atoms with E-state index in [9.17, 15) is 18.0 Å². The highest BCUT2D eigenvalue weighted by molar-refractivity contribution is 5.92. The van der Waals surface area contributed by atoms with Gasteiger partial charge in [-0.25, -0.2) is 4.68 Å². The summed E-state index contributed by atoms with van der Waals surface area (Å²) in [5, 5.41) is 7.89. The number of likely N-dealkylation sites (tertiary alicyclic amines) is 1. The number of amides is 1. The van der Waals surface area contributed by atoms with Crippen molar-refractivity contribution in [2.45, 2.75) is 31.5 Å². The third-order valence-electron chi connectivity index (χ3n) is 5.34. The number of benzene rings is 2. The van der Waals surface area contributed by atoms with Gasteiger partial charge >= 0.3 is 6.18 Å². The SMILES string of the molecule is O=C(c1cn(Cc2cccc(C(F)(F)F)c2)nn1)N1CCCC(c2ccccc2)C1. The summed E-state index contributed by atoms with van der Waals surface area (Å²) in [6, 6.07) is 15.2. The van der Waals surface area contributed by atoms with E-state index in [0.29, 0.717) is 18.7 Å². The van der Waals surface area contributed by atoms with Crippen LogP contribution in [0.4, 0.5) is 13.2 Å². The van der Waals surface area contributed by atoms with E-state index in [4.69, 9.17) is 0 Å². The molecular formula is C22H21F3N4O. The predicted molar refractivity (Wildman–Crippen MR) is 105 cm³/mol. The van der Waals surface area contributed by atoms with Gasteiger partial charge < -0.3 is 4.90 Å². The highest BCUT2D eigenvalue weighted by Crippen LogP contribution is 2.30. The van der Waals surface area contributed by atoms with Crippen molar-refractivity contribution < 1.29 is 18.0 Å². The molecule has 0 radical (unpaired) electrons. The fourth-order valence-electron chi connectivity index (χ4n) is 3.83. The third-order valence-corrected chi connectivity index (χ3v) is 5.34. The lowest BCUT2D eigenvalue weighted by Crippen LogP contribution is -2.39. The first-order chi connectivity index (χ1) is 14.4. The Morgan fingerprint density at radius 2 is 1.90 bits per heavy atom. The van der Waals surface area contributed by atoms with Gasteiger partial charge in [0.1, 0.15) is 0 Å². The first kappa shape index (κ1) is 20.1. The van der Waals surface area contributed by atoms with E-state index in [-0.39, 0.29) is 24.1 Å². The summed E-state index contributed by atoms with van der Waals surface area (Å²) in [6.07, 6.45) is -0.975. The molecule has 4 rings (SSSR count). The maximum atomic E-state index is 12.9. The van der Waals surface area contributed by atoms with Gasteiger partial charge in [0.15, 0.2) is 5.69 Å². The highest BCUT2D eigenvalue weighted by atomic mass is 19.4. The second kappa shape index (κ2) is 8.30. The molecule has 0 bridgehead atoms. The van der Waals surface area contributed by atoms with Crippen LogP contribution in [0, 0.1) is 0 Å². The molecule has 1 aliphatic heterocycles. The van der Waals surface area contributed by atoms with Crippen molar-refractivity contribution in [1.29, 1.82) is 0 Å². The molecule has 3 aromatic rings. The maximum Gasteiger partial charge on any atom is 0.416 e. The lowest BCUT2D eigenvalue weighted by Gasteiger charge is -2.32. The van der Waals surface area contributed by atoms with E-state index < -0.39 is 11.7 Å². The van der Waals surface area contributed by atoms with Crippen LogP contribution < -0.4 is 0 Å². The van der Waals surface area contributed by atoms with Gasteiger partial charge in [0.2, 0.25) is 0 Å². The number of rotatable bonds is 4. The quantitative estimate of drug-likeness (QED) is 0.637. The van der Waals surface area contributed by atoms with Crippen LogP contribution >= 0.6 is 0 Å². The first-order valence-electron chi connectivity index (χ1n) is 9.80. The van der Waals surface area contributed by atoms with Crippen molar-refractivity contribution in [3.8, 4) is 0 Å². The van der Waals surface area contributed by atoms with E-state index in [2.05, 4.69) is 22.4 Å². The highest BCUT2D eigenvalue weighted by Gasteiger charge is 2.30. The molecule has 5 nitrogen and oxygen atoms in total. The Balaban J connectivity index is 1.44. The third kappa shape index (κ3) is 4.53. The van der Waals surface area contributed by atoms with Crippen LogP contribution in [-0.4, -0.2) is 38.9 Å². The number of carbonyl (C=O) groups is 1. The molecule has 2 heterocycles. The van der Waals surface area contributed by atoms with Crippen molar-refractivity contribution in [3.63, 3.8) is 0 Å². The molecule has 30 heavy (non-hydrogen) atoms. The molecule has 1 aliphatic rings. The molecule has 1 aromatic heterocycles. The fourth-order valence-corrected chi connectivity index (χ4v) is 3.83. The summed E-state index contributed by atoms with van der Waals surface area (Å²) in [6.45, 7) is 1.38. The van der Waals surface area contributed by atoms with Crippen LogP contribution in [0.25, 0.3) is 0 Å². The Bertz CT molecular complexity index is 1020. The van der Waals surface area contributed by atoms with Crippen molar-refractivity contribution in [1.82, 2.24) is 19.9 Å². The average molecular weight is 414 g/mol. The number of carbonyl (C=O) groups excluding carboxylic acids is 1. The maximum absolute atomic E-state index is 12.9. The van der Waals surface area contributed by atoms with Crippen LogP contribution in [0.5, 0.6) is 0 Å². The van der Waals surface area contributed by atoms with Gasteiger partial charge in [-0.05, 0) is 36.1 Å². The molecule has 1 fully saturated rings. The van der Waals surface area contributed by atoms with Gasteiger partial charge in [0.25, 0.3) is 5.91 Å². The molecule has 156 valence electrons. The first-order valence-corrected chi connectivity index (χ1v) is 9.80. The molecule has 2 aromatic carbocycles. The molecule has 0 saturated carbocycles. The zero-order valence-corrected chi connectivity index (χ0v) is 16.2. The minimum Gasteiger partial charge on any atom is -0.337 e. The summed E-state index contributed by atoms with van der Waals surface area (Å²) in [4.78, 5) is 14.7. The Morgan fingerprint density at radius 1 is 1.10 bits per heavy atom. The molecular weight excluding hydrogens is 393 g/mol. The van der Waals surface area contributed by atoms with Crippen molar-refractivity contribution >= 4 is 5.91 Å². The van der Waals surface area contributed by atoms with E-state index in [0.717, 1.165) is 25.0 Å². The van der Waals surface area contributed by atoms with Gasteiger partial charge in [0, 0.05) is 19.0 Å². The normalized spacial score (nSPS) is 17.2. The Labute approximate surface area is 172 Å². The summed E-state index contributed by atoms with van der Waals surface area (Å²) in [5.74, 6) is 0.0787. The summed E-state index contributed by atoms with van der Waals surface area (Å²) >= 11 is 0. The molecule has 0 spiro atoms. The zero-order chi connectivity index (χ0) is 21.1. The van der Waals surface area contributed by atoms with Crippen molar-refractivity contribution in [3.05, 3.63) is 83.2 Å². The minimum absolute atomic E-state index is 0.108. The zero-order valence-electron chi connectivity index (χ0n) is 16.2. The second-order valence-corrected chi connectivity index (χ2v) is 7.50. The van der Waals surface area contributed by atoms with Crippen molar-refractivity contribution in [2.24, 2.45) is 0 Å². The number of alkyl halides is 3. The minimum atomic E-state index is -4.40. The van der Waals surface area contributed by atoms with Gasteiger partial charge in [-0.3, -0.25) is 4.79 Å². The molecule has 0 N–H and O–H groups in total. The monoisotopic (exact) mass is 414 g/mol. The Hall–Kier alpha value is -3.16. The van der Waals surface area contributed by atoms with E-state index in [1.54, 1.807) is 11.0 Å². The standard InChI is InChI=1S/C22H21F3N4O/c23-22(24,25)19-10-4-6-16(12-19)13-29-15-20(26-27-29)21(30)28-11-5-9-18(14-28)17-7-2-1-3-8-17/h1-4,6-8,10,12,15,18H,5,9,11,13-14H2. The Kier molecular flexibility index (Phi) is 5.57. The number of hydrogen-bond acceptors (Lipinski definition) is 3. The molecule has 8 heteroatoms. The number of piperidine rings is 1. The van der Waals surface area contributed by atoms with Crippen LogP contribution in [-0.2, 0) is 12.7 Å². The van der Waals surface area contributed by atoms with E-state index in [1.807, 2.05) is 18.2 Å². The fraction of sp³-hybridized carbons (Fsp3) is 0.318. The smallest absolute Gasteiger partial charge is 0.337 e. The Morgan fingerprint density at radius 3 is 2.67 bits per heavy atom. The molecule has 1 amide bonds. The second-order valence-electron chi connectivity index (χ2n) is 7.50. The predicted octanol–water partition coefficient (Wildman–Crippen LogP) is 4.37. The molecule has 0 aliphatic carbocycles. The topological polar surface area (TPSA) is 51.0 Å². The number of nitrogens with zero attached hydrogens (tertiary/aromatic N) is 4. The lowest BCUT2D eigenvalue weighted by molar-refractivity contribution is -0.137. The lowest BCUT2D eigenvalue weighted by atomic mass is 9.90. The van der Waals surface area contributed by atoms with Crippen LogP contribution in [0.3, 0.4) is 0 Å². The number of halogens is 3. The molecule has 1 unspecified atom stereocenters. The average Bonchev–Trinajstić information content (AvgIpc) is 3.22. The largest absolute Gasteiger partial charge is 0.416 e. The van der Waals surface area contributed by atoms with Crippen LogP contribution in [0.15, 0.2) is 60.8 Å². The number of hydrogen-bond donors (Lipinski definition) is 0. The van der Waals surface area contributed by atoms with E-state index >= 15 is 0 Å². The van der Waals surface area contributed by atoms with Gasteiger partial charge in [-0.1, -0.05) is 47.7 Å². The van der Waals surface area contributed by atoms with Crippen molar-refractivity contribution in [2.75, 3.05) is 13.1 Å². The van der Waals surface area contributed by atoms with Gasteiger partial charge in [-0.2, -0.15) is 13.2 Å². The molecule has 1 atom stereocenters. The van der Waals surface area contributed by atoms with E-state index in [1.165, 1.54) is 22.5 Å². The summed E-state index contributed by atoms with van der Waals surface area (Å²) in [5.41, 5.74) is 1.14. The number of aromatic nitrogens is 3. The van der Waals surface area contributed by atoms with Crippen LogP contribution in [0.1, 0.15) is 45.9 Å². The summed E-state index contributed by atoms with van der Waals surface area (Å²) in [7, 11) is 0. The summed E-state index contributed by atoms with van der Waals surface area (Å²) < 4.78 is 40.1. The molecule has 1 saturated heterocycles. The van der Waals surface area contributed by atoms with Crippen LogP contribution in [0.2, 0.25) is 0 Å².